The molecule has 0 amide bonds. The maximum absolute atomic E-state index is 10.1. The number of nitrogens with zero attached hydrogens (tertiary/aromatic N) is 3. The number of furan rings is 1. The van der Waals surface area contributed by atoms with Gasteiger partial charge in [-0.25, -0.2) is 0 Å². The summed E-state index contributed by atoms with van der Waals surface area (Å²) in [6.07, 6.45) is 12.0. The largest absolute Gasteiger partial charge is 0.456 e. The Morgan fingerprint density at radius 3 is 2.10 bits per heavy atom. The SMILES string of the molecule is N#CC1=CC(N(c2ccc3c(c2)oc2ccccc23)c2ccc3c4cccc5c4n(c3c2)C2C3=C(C=CC52)C2(c4ccccc43)c3ccccc3-c3ccccc32)CC=C1. The number of hydrogen-bond acceptors (Lipinski definition) is 3. The van der Waals surface area contributed by atoms with Crippen LogP contribution in [0, 0.1) is 11.3 Å². The Morgan fingerprint density at radius 1 is 0.633 bits per heavy atom. The number of para-hydroxylation sites is 2. The fraction of sp³-hybridized carbons (Fsp3) is 0.0893. The van der Waals surface area contributed by atoms with E-state index in [4.69, 9.17) is 4.42 Å². The fourth-order valence-corrected chi connectivity index (χ4v) is 12.1. The van der Waals surface area contributed by atoms with Crippen LogP contribution in [0.25, 0.3) is 60.4 Å². The van der Waals surface area contributed by atoms with Crippen molar-refractivity contribution in [1.29, 1.82) is 5.26 Å². The van der Waals surface area contributed by atoms with Gasteiger partial charge in [0.25, 0.3) is 0 Å². The van der Waals surface area contributed by atoms with E-state index in [0.29, 0.717) is 5.57 Å². The molecule has 1 spiro atoms. The molecule has 4 nitrogen and oxygen atoms in total. The number of allylic oxidation sites excluding steroid dienone is 6. The Bertz CT molecular complexity index is 3530. The third-order valence-corrected chi connectivity index (χ3v) is 14.3. The van der Waals surface area contributed by atoms with Crippen LogP contribution in [-0.4, -0.2) is 10.6 Å². The number of hydrogen-bond donors (Lipinski definition) is 0. The number of aromatic nitrogens is 1. The normalized spacial score (nSPS) is 19.8. The summed E-state index contributed by atoms with van der Waals surface area (Å²) in [5.41, 5.74) is 19.0. The van der Waals surface area contributed by atoms with E-state index in [0.717, 1.165) is 39.7 Å². The molecule has 0 N–H and O–H groups in total. The minimum absolute atomic E-state index is 0.0637. The molecule has 1 aliphatic heterocycles. The summed E-state index contributed by atoms with van der Waals surface area (Å²) in [7, 11) is 0. The molecule has 4 aliphatic carbocycles. The highest BCUT2D eigenvalue weighted by Crippen LogP contribution is 2.67. The molecule has 3 unspecified atom stereocenters. The van der Waals surface area contributed by atoms with Crippen molar-refractivity contribution in [2.45, 2.75) is 29.8 Å². The summed E-state index contributed by atoms with van der Waals surface area (Å²) in [5, 5.41) is 14.8. The molecule has 0 fully saturated rings. The lowest BCUT2D eigenvalue weighted by atomic mass is 9.68. The highest BCUT2D eigenvalue weighted by atomic mass is 16.3. The van der Waals surface area contributed by atoms with Gasteiger partial charge in [0, 0.05) is 50.5 Å². The first-order chi connectivity index (χ1) is 29.7. The maximum Gasteiger partial charge on any atom is 0.137 e. The molecule has 0 bridgehead atoms. The predicted octanol–water partition coefficient (Wildman–Crippen LogP) is 13.6. The molecule has 9 aromatic rings. The lowest BCUT2D eigenvalue weighted by Crippen LogP contribution is -2.30. The van der Waals surface area contributed by atoms with Crippen LogP contribution >= 0.6 is 0 Å². The topological polar surface area (TPSA) is 45.1 Å². The molecule has 3 heterocycles. The van der Waals surface area contributed by atoms with Crippen LogP contribution in [0.3, 0.4) is 0 Å². The molecule has 2 aromatic heterocycles. The van der Waals surface area contributed by atoms with Gasteiger partial charge in [-0.3, -0.25) is 0 Å². The second kappa shape index (κ2) is 11.5. The van der Waals surface area contributed by atoms with Crippen molar-refractivity contribution in [3.63, 3.8) is 0 Å². The molecule has 3 atom stereocenters. The zero-order valence-corrected chi connectivity index (χ0v) is 32.5. The fourth-order valence-electron chi connectivity index (χ4n) is 12.1. The molecule has 4 heteroatoms. The molecule has 0 radical (unpaired) electrons. The molecule has 280 valence electrons. The molecular weight excluding hydrogens is 731 g/mol. The van der Waals surface area contributed by atoms with Crippen molar-refractivity contribution in [1.82, 2.24) is 4.57 Å². The van der Waals surface area contributed by atoms with Crippen LogP contribution in [-0.2, 0) is 5.41 Å². The quantitative estimate of drug-likeness (QED) is 0.180. The van der Waals surface area contributed by atoms with Crippen LogP contribution in [0.1, 0.15) is 46.2 Å². The molecule has 7 aromatic carbocycles. The molecule has 5 aliphatic rings. The average Bonchev–Trinajstić information content (AvgIpc) is 4.09. The zero-order chi connectivity index (χ0) is 39.3. The van der Waals surface area contributed by atoms with E-state index in [1.807, 2.05) is 18.2 Å². The van der Waals surface area contributed by atoms with Gasteiger partial charge in [0.15, 0.2) is 0 Å². The third-order valence-electron chi connectivity index (χ3n) is 14.3. The van der Waals surface area contributed by atoms with Gasteiger partial charge in [-0.15, -0.1) is 0 Å². The number of anilines is 2. The molecule has 14 rings (SSSR count). The predicted molar refractivity (Wildman–Crippen MR) is 243 cm³/mol. The number of benzene rings is 7. The molecule has 0 saturated heterocycles. The Balaban J connectivity index is 1.02. The van der Waals surface area contributed by atoms with Gasteiger partial charge in [-0.1, -0.05) is 133 Å². The van der Waals surface area contributed by atoms with Crippen molar-refractivity contribution in [2.75, 3.05) is 4.90 Å². The summed E-state index contributed by atoms with van der Waals surface area (Å²) in [6, 6.07) is 58.5. The molecule has 60 heavy (non-hydrogen) atoms. The third kappa shape index (κ3) is 3.91. The van der Waals surface area contributed by atoms with Crippen LogP contribution in [0.2, 0.25) is 0 Å². The maximum atomic E-state index is 10.1. The van der Waals surface area contributed by atoms with Gasteiger partial charge in [-0.2, -0.15) is 5.26 Å². The van der Waals surface area contributed by atoms with E-state index < -0.39 is 5.41 Å². The number of nitriles is 1. The zero-order valence-electron chi connectivity index (χ0n) is 32.5. The second-order valence-electron chi connectivity index (χ2n) is 16.9. The highest BCUT2D eigenvalue weighted by molar-refractivity contribution is 6.13. The highest BCUT2D eigenvalue weighted by Gasteiger charge is 2.55. The van der Waals surface area contributed by atoms with Gasteiger partial charge in [0.1, 0.15) is 11.2 Å². The van der Waals surface area contributed by atoms with E-state index in [2.05, 4.69) is 179 Å². The summed E-state index contributed by atoms with van der Waals surface area (Å²) in [4.78, 5) is 2.41. The van der Waals surface area contributed by atoms with Crippen molar-refractivity contribution in [3.05, 3.63) is 221 Å². The minimum atomic E-state index is -0.395. The van der Waals surface area contributed by atoms with Gasteiger partial charge in [0.2, 0.25) is 0 Å². The van der Waals surface area contributed by atoms with E-state index in [1.165, 1.54) is 71.9 Å². The lowest BCUT2D eigenvalue weighted by Gasteiger charge is -2.34. The van der Waals surface area contributed by atoms with Gasteiger partial charge >= 0.3 is 0 Å². The van der Waals surface area contributed by atoms with Gasteiger partial charge in [0.05, 0.1) is 34.6 Å². The van der Waals surface area contributed by atoms with E-state index in [9.17, 15) is 5.26 Å². The molecule has 0 saturated carbocycles. The van der Waals surface area contributed by atoms with Crippen molar-refractivity contribution in [2.24, 2.45) is 0 Å². The van der Waals surface area contributed by atoms with Crippen LogP contribution < -0.4 is 4.90 Å². The summed E-state index contributed by atoms with van der Waals surface area (Å²) in [5.74, 6) is 0.196. The lowest BCUT2D eigenvalue weighted by molar-refractivity contribution is 0.625. The number of rotatable bonds is 3. The van der Waals surface area contributed by atoms with Crippen molar-refractivity contribution >= 4 is 60.7 Å². The van der Waals surface area contributed by atoms with Crippen molar-refractivity contribution < 1.29 is 4.42 Å². The minimum Gasteiger partial charge on any atom is -0.456 e. The Hall–Kier alpha value is -7.61. The van der Waals surface area contributed by atoms with E-state index in [1.54, 1.807) is 0 Å². The first-order valence-electron chi connectivity index (χ1n) is 21.0. The Morgan fingerprint density at radius 2 is 1.30 bits per heavy atom. The van der Waals surface area contributed by atoms with Crippen LogP contribution in [0.5, 0.6) is 0 Å². The van der Waals surface area contributed by atoms with E-state index in [-0.39, 0.29) is 18.0 Å². The smallest absolute Gasteiger partial charge is 0.137 e. The standard InChI is InChI=1S/C56H35N3O/c57-32-33-11-9-12-34(29-33)58(36-24-26-41-40-15-4-8-22-51(40)60-52(41)31-36)35-23-25-39-42-17-10-18-43-44-27-28-49-53(55(44)59(54(42)43)50(39)30-35)45-16-3-7-21-48(45)56(49)46-19-5-1-13-37(46)38-14-2-6-20-47(38)56/h1-11,13-31,34,44,55H,12H2. The van der Waals surface area contributed by atoms with Gasteiger partial charge in [-0.05, 0) is 99.0 Å². The first kappa shape index (κ1) is 32.4. The van der Waals surface area contributed by atoms with Crippen LogP contribution in [0.15, 0.2) is 198 Å². The number of fused-ring (bicyclic) bond motifs is 19. The summed E-state index contributed by atoms with van der Waals surface area (Å²) >= 11 is 0. The Labute approximate surface area is 346 Å². The first-order valence-corrected chi connectivity index (χ1v) is 21.0. The van der Waals surface area contributed by atoms with Gasteiger partial charge < -0.3 is 13.9 Å². The van der Waals surface area contributed by atoms with Crippen molar-refractivity contribution in [3.8, 4) is 17.2 Å². The Kier molecular flexibility index (Phi) is 6.22. The van der Waals surface area contributed by atoms with Crippen LogP contribution in [0.4, 0.5) is 11.4 Å². The monoisotopic (exact) mass is 765 g/mol. The summed E-state index contributed by atoms with van der Waals surface area (Å²) in [6.45, 7) is 0. The average molecular weight is 766 g/mol. The van der Waals surface area contributed by atoms with E-state index >= 15 is 0 Å². The molecular formula is C56H35N3O. The second-order valence-corrected chi connectivity index (χ2v) is 16.9. The summed E-state index contributed by atoms with van der Waals surface area (Å²) < 4.78 is 9.14.